The fourth-order valence-corrected chi connectivity index (χ4v) is 3.93. The Kier molecular flexibility index (Phi) is 8.56. The molecular formula is C23H36N6O. The maximum absolute atomic E-state index is 5.46. The minimum atomic E-state index is 0.299. The highest BCUT2D eigenvalue weighted by molar-refractivity contribution is 5.79. The summed E-state index contributed by atoms with van der Waals surface area (Å²) in [5.41, 5.74) is 1.28. The summed E-state index contributed by atoms with van der Waals surface area (Å²) < 4.78 is 7.42. The Balaban J connectivity index is 1.64. The van der Waals surface area contributed by atoms with E-state index in [9.17, 15) is 0 Å². The van der Waals surface area contributed by atoms with Crippen LogP contribution in [0.25, 0.3) is 0 Å². The molecule has 2 atom stereocenters. The third-order valence-corrected chi connectivity index (χ3v) is 5.49. The maximum atomic E-state index is 5.46. The number of benzene rings is 1. The Bertz CT molecular complexity index is 770. The van der Waals surface area contributed by atoms with Crippen molar-refractivity contribution in [1.82, 2.24) is 25.3 Å². The zero-order valence-electron chi connectivity index (χ0n) is 18.6. The van der Waals surface area contributed by atoms with Crippen LogP contribution in [0.2, 0.25) is 0 Å². The van der Waals surface area contributed by atoms with Gasteiger partial charge in [0, 0.05) is 38.6 Å². The lowest BCUT2D eigenvalue weighted by Gasteiger charge is -2.29. The van der Waals surface area contributed by atoms with Crippen molar-refractivity contribution in [3.8, 4) is 5.75 Å². The second kappa shape index (κ2) is 11.6. The van der Waals surface area contributed by atoms with Gasteiger partial charge < -0.3 is 15.4 Å². The quantitative estimate of drug-likeness (QED) is 0.464. The number of likely N-dealkylation sites (tertiary alicyclic amines) is 1. The lowest BCUT2D eigenvalue weighted by atomic mass is 10.1. The molecular weight excluding hydrogens is 376 g/mol. The van der Waals surface area contributed by atoms with Crippen molar-refractivity contribution in [1.29, 1.82) is 0 Å². The summed E-state index contributed by atoms with van der Waals surface area (Å²) in [6.45, 7) is 9.86. The summed E-state index contributed by atoms with van der Waals surface area (Å²) in [4.78, 5) is 7.39. The summed E-state index contributed by atoms with van der Waals surface area (Å²) in [7, 11) is 1.72. The molecule has 0 bridgehead atoms. The highest BCUT2D eigenvalue weighted by Crippen LogP contribution is 2.27. The van der Waals surface area contributed by atoms with Gasteiger partial charge in [-0.2, -0.15) is 5.10 Å². The number of guanidine groups is 1. The number of aliphatic imine (C=N–C) groups is 1. The van der Waals surface area contributed by atoms with Crippen LogP contribution < -0.4 is 15.4 Å². The lowest BCUT2D eigenvalue weighted by Crippen LogP contribution is -2.43. The molecule has 0 amide bonds. The van der Waals surface area contributed by atoms with Gasteiger partial charge in [0.2, 0.25) is 0 Å². The minimum absolute atomic E-state index is 0.299. The number of rotatable bonds is 10. The molecule has 164 valence electrons. The maximum Gasteiger partial charge on any atom is 0.191 e. The van der Waals surface area contributed by atoms with Gasteiger partial charge in [-0.05, 0) is 62.5 Å². The van der Waals surface area contributed by atoms with Crippen LogP contribution in [0.3, 0.4) is 0 Å². The SMILES string of the molecule is CCNC(=NCC(C)Cn1cccn1)NCC(c1cccc(OC)c1)N1CCCC1. The molecule has 7 nitrogen and oxygen atoms in total. The van der Waals surface area contributed by atoms with Crippen molar-refractivity contribution in [3.63, 3.8) is 0 Å². The predicted octanol–water partition coefficient (Wildman–Crippen LogP) is 2.92. The molecule has 2 aromatic rings. The van der Waals surface area contributed by atoms with Crippen LogP contribution in [0.15, 0.2) is 47.7 Å². The fourth-order valence-electron chi connectivity index (χ4n) is 3.93. The number of hydrogen-bond donors (Lipinski definition) is 2. The third kappa shape index (κ3) is 6.49. The average molecular weight is 413 g/mol. The molecule has 2 unspecified atom stereocenters. The molecule has 1 aromatic heterocycles. The summed E-state index contributed by atoms with van der Waals surface area (Å²) in [6, 6.07) is 10.7. The van der Waals surface area contributed by atoms with E-state index in [2.05, 4.69) is 52.7 Å². The van der Waals surface area contributed by atoms with Crippen LogP contribution in [-0.4, -0.2) is 60.5 Å². The van der Waals surface area contributed by atoms with E-state index in [0.717, 1.165) is 51.0 Å². The number of nitrogens with zero attached hydrogens (tertiary/aromatic N) is 4. The van der Waals surface area contributed by atoms with E-state index in [1.165, 1.54) is 18.4 Å². The average Bonchev–Trinajstić information content (AvgIpc) is 3.47. The Hall–Kier alpha value is -2.54. The van der Waals surface area contributed by atoms with E-state index < -0.39 is 0 Å². The van der Waals surface area contributed by atoms with Crippen molar-refractivity contribution in [2.45, 2.75) is 39.3 Å². The smallest absolute Gasteiger partial charge is 0.191 e. The largest absolute Gasteiger partial charge is 0.497 e. The van der Waals surface area contributed by atoms with Gasteiger partial charge >= 0.3 is 0 Å². The standard InChI is InChI=1S/C23H36N6O/c1-4-24-23(25-16-19(2)18-29-14-8-11-27-29)26-17-22(28-12-5-6-13-28)20-9-7-10-21(15-20)30-3/h7-11,14-15,19,22H,4-6,12-13,16-18H2,1-3H3,(H2,24,25,26). The van der Waals surface area contributed by atoms with Crippen molar-refractivity contribution >= 4 is 5.96 Å². The summed E-state index contributed by atoms with van der Waals surface area (Å²) in [5.74, 6) is 2.19. The molecule has 0 saturated carbocycles. The van der Waals surface area contributed by atoms with Crippen LogP contribution in [0, 0.1) is 5.92 Å². The lowest BCUT2D eigenvalue weighted by molar-refractivity contribution is 0.245. The van der Waals surface area contributed by atoms with Crippen molar-refractivity contribution < 1.29 is 4.74 Å². The molecule has 1 aromatic carbocycles. The van der Waals surface area contributed by atoms with E-state index >= 15 is 0 Å². The molecule has 1 fully saturated rings. The van der Waals surface area contributed by atoms with Gasteiger partial charge in [0.05, 0.1) is 13.2 Å². The Morgan fingerprint density at radius 1 is 1.23 bits per heavy atom. The molecule has 3 rings (SSSR count). The molecule has 2 heterocycles. The predicted molar refractivity (Wildman–Crippen MR) is 122 cm³/mol. The van der Waals surface area contributed by atoms with Gasteiger partial charge in [0.15, 0.2) is 5.96 Å². The second-order valence-corrected chi connectivity index (χ2v) is 7.97. The molecule has 2 N–H and O–H groups in total. The van der Waals surface area contributed by atoms with Crippen molar-refractivity contribution in [2.24, 2.45) is 10.9 Å². The molecule has 1 saturated heterocycles. The molecule has 1 aliphatic rings. The fraction of sp³-hybridized carbons (Fsp3) is 0.565. The number of ether oxygens (including phenoxy) is 1. The summed E-state index contributed by atoms with van der Waals surface area (Å²) in [6.07, 6.45) is 6.34. The van der Waals surface area contributed by atoms with Gasteiger partial charge in [-0.25, -0.2) is 0 Å². The molecule has 1 aliphatic heterocycles. The van der Waals surface area contributed by atoms with Gasteiger partial charge in [-0.3, -0.25) is 14.6 Å². The Morgan fingerprint density at radius 3 is 2.77 bits per heavy atom. The van der Waals surface area contributed by atoms with Crippen molar-refractivity contribution in [2.75, 3.05) is 39.8 Å². The minimum Gasteiger partial charge on any atom is -0.497 e. The molecule has 0 spiro atoms. The van der Waals surface area contributed by atoms with Crippen LogP contribution in [0.1, 0.15) is 38.3 Å². The zero-order valence-corrected chi connectivity index (χ0v) is 18.6. The van der Waals surface area contributed by atoms with E-state index in [1.807, 2.05) is 29.2 Å². The first-order chi connectivity index (χ1) is 14.7. The molecule has 0 aliphatic carbocycles. The van der Waals surface area contributed by atoms with E-state index in [-0.39, 0.29) is 0 Å². The van der Waals surface area contributed by atoms with Gasteiger partial charge in [-0.15, -0.1) is 0 Å². The van der Waals surface area contributed by atoms with Gasteiger partial charge in [0.25, 0.3) is 0 Å². The summed E-state index contributed by atoms with van der Waals surface area (Å²) >= 11 is 0. The van der Waals surface area contributed by atoms with Crippen LogP contribution in [-0.2, 0) is 6.54 Å². The van der Waals surface area contributed by atoms with E-state index in [0.29, 0.717) is 12.0 Å². The number of hydrogen-bond acceptors (Lipinski definition) is 4. The number of nitrogens with one attached hydrogen (secondary N) is 2. The van der Waals surface area contributed by atoms with Crippen LogP contribution >= 0.6 is 0 Å². The highest BCUT2D eigenvalue weighted by Gasteiger charge is 2.24. The van der Waals surface area contributed by atoms with Crippen molar-refractivity contribution in [3.05, 3.63) is 48.3 Å². The summed E-state index contributed by atoms with van der Waals surface area (Å²) in [5, 5.41) is 11.3. The Labute approximate surface area is 180 Å². The molecule has 7 heteroatoms. The van der Waals surface area contributed by atoms with Gasteiger partial charge in [0.1, 0.15) is 5.75 Å². The molecule has 30 heavy (non-hydrogen) atoms. The zero-order chi connectivity index (χ0) is 21.2. The molecule has 0 radical (unpaired) electrons. The third-order valence-electron chi connectivity index (χ3n) is 5.49. The topological polar surface area (TPSA) is 66.7 Å². The van der Waals surface area contributed by atoms with E-state index in [4.69, 9.17) is 9.73 Å². The first-order valence-electron chi connectivity index (χ1n) is 11.1. The first kappa shape index (κ1) is 22.2. The van der Waals surface area contributed by atoms with E-state index in [1.54, 1.807) is 7.11 Å². The van der Waals surface area contributed by atoms with Crippen LogP contribution in [0.4, 0.5) is 0 Å². The van der Waals surface area contributed by atoms with Gasteiger partial charge in [-0.1, -0.05) is 19.1 Å². The highest BCUT2D eigenvalue weighted by atomic mass is 16.5. The van der Waals surface area contributed by atoms with Crippen LogP contribution in [0.5, 0.6) is 5.75 Å². The Morgan fingerprint density at radius 2 is 2.07 bits per heavy atom. The normalized spacial score (nSPS) is 17.0. The second-order valence-electron chi connectivity index (χ2n) is 7.97. The number of methoxy groups -OCH3 is 1. The first-order valence-corrected chi connectivity index (χ1v) is 11.1. The number of aromatic nitrogens is 2. The monoisotopic (exact) mass is 412 g/mol.